The molecule has 1 amide bonds. The Labute approximate surface area is 161 Å². The van der Waals surface area contributed by atoms with Crippen LogP contribution in [0.3, 0.4) is 0 Å². The number of para-hydroxylation sites is 2. The van der Waals surface area contributed by atoms with E-state index in [4.69, 9.17) is 9.47 Å². The average Bonchev–Trinajstić information content (AvgIpc) is 2.64. The summed E-state index contributed by atoms with van der Waals surface area (Å²) in [5, 5.41) is 2.42. The van der Waals surface area contributed by atoms with Gasteiger partial charge in [0.05, 0.1) is 19.2 Å². The Kier molecular flexibility index (Phi) is 7.31. The van der Waals surface area contributed by atoms with Gasteiger partial charge in [0, 0.05) is 0 Å². The molecule has 0 aliphatic carbocycles. The molecule has 0 fully saturated rings. The molecule has 0 aliphatic heterocycles. The van der Waals surface area contributed by atoms with Crippen LogP contribution in [0.4, 0.5) is 14.5 Å². The summed E-state index contributed by atoms with van der Waals surface area (Å²) >= 11 is 0. The minimum absolute atomic E-state index is 0.0423. The maximum absolute atomic E-state index is 12.4. The summed E-state index contributed by atoms with van der Waals surface area (Å²) in [7, 11) is 1.53. The van der Waals surface area contributed by atoms with Crippen LogP contribution in [0.15, 0.2) is 42.5 Å². The van der Waals surface area contributed by atoms with Gasteiger partial charge < -0.3 is 19.5 Å². The van der Waals surface area contributed by atoms with Crippen molar-refractivity contribution in [2.45, 2.75) is 33.0 Å². The molecule has 0 radical (unpaired) electrons. The first-order valence-corrected chi connectivity index (χ1v) is 8.48. The number of rotatable bonds is 8. The van der Waals surface area contributed by atoms with Gasteiger partial charge in [-0.1, -0.05) is 24.3 Å². The first kappa shape index (κ1) is 21.1. The Balaban J connectivity index is 1.96. The van der Waals surface area contributed by atoms with Crippen LogP contribution >= 0.6 is 0 Å². The third kappa shape index (κ3) is 5.94. The Morgan fingerprint density at radius 2 is 1.82 bits per heavy atom. The third-order valence-corrected chi connectivity index (χ3v) is 3.86. The van der Waals surface area contributed by atoms with Crippen LogP contribution in [0, 0.1) is 6.92 Å². The first-order valence-electron chi connectivity index (χ1n) is 8.48. The summed E-state index contributed by atoms with van der Waals surface area (Å²) in [6, 6.07) is 11.0. The van der Waals surface area contributed by atoms with Crippen LogP contribution in [0.5, 0.6) is 11.5 Å². The molecule has 2 aromatic rings. The van der Waals surface area contributed by atoms with Gasteiger partial charge in [-0.05, 0) is 43.2 Å². The highest BCUT2D eigenvalue weighted by Crippen LogP contribution is 2.26. The van der Waals surface area contributed by atoms with Gasteiger partial charge >= 0.3 is 12.6 Å². The Morgan fingerprint density at radius 1 is 1.11 bits per heavy atom. The molecule has 0 spiro atoms. The minimum Gasteiger partial charge on any atom is -0.496 e. The fraction of sp³-hybridized carbons (Fsp3) is 0.300. The van der Waals surface area contributed by atoms with E-state index in [1.165, 1.54) is 32.2 Å². The number of carbonyl (C=O) groups is 2. The normalized spacial score (nSPS) is 11.6. The molecule has 0 saturated carbocycles. The summed E-state index contributed by atoms with van der Waals surface area (Å²) < 4.78 is 39.6. The molecule has 0 aromatic heterocycles. The van der Waals surface area contributed by atoms with Crippen LogP contribution in [0.25, 0.3) is 0 Å². The fourth-order valence-electron chi connectivity index (χ4n) is 2.44. The Hall–Kier alpha value is -3.16. The molecule has 8 heteroatoms. The van der Waals surface area contributed by atoms with Crippen molar-refractivity contribution in [3.8, 4) is 11.5 Å². The molecule has 1 unspecified atom stereocenters. The van der Waals surface area contributed by atoms with E-state index in [9.17, 15) is 18.4 Å². The van der Waals surface area contributed by atoms with Gasteiger partial charge in [0.15, 0.2) is 6.10 Å². The fourth-order valence-corrected chi connectivity index (χ4v) is 2.44. The molecular formula is C20H21F2NO5. The molecule has 0 bridgehead atoms. The van der Waals surface area contributed by atoms with Crippen molar-refractivity contribution in [2.75, 3.05) is 12.4 Å². The van der Waals surface area contributed by atoms with Gasteiger partial charge in [0.25, 0.3) is 5.91 Å². The van der Waals surface area contributed by atoms with Crippen LogP contribution in [0.1, 0.15) is 18.1 Å². The van der Waals surface area contributed by atoms with Gasteiger partial charge in [-0.15, -0.1) is 0 Å². The quantitative estimate of drug-likeness (QED) is 0.692. The molecule has 2 rings (SSSR count). The lowest BCUT2D eigenvalue weighted by Crippen LogP contribution is -2.30. The van der Waals surface area contributed by atoms with Gasteiger partial charge in [-0.3, -0.25) is 9.59 Å². The highest BCUT2D eigenvalue weighted by atomic mass is 19.3. The van der Waals surface area contributed by atoms with Gasteiger partial charge in [0.2, 0.25) is 0 Å². The lowest BCUT2D eigenvalue weighted by molar-refractivity contribution is -0.152. The van der Waals surface area contributed by atoms with E-state index in [0.29, 0.717) is 11.3 Å². The Bertz CT molecular complexity index is 841. The predicted octanol–water partition coefficient (Wildman–Crippen LogP) is 3.72. The summed E-state index contributed by atoms with van der Waals surface area (Å²) in [4.78, 5) is 24.3. The average molecular weight is 393 g/mol. The van der Waals surface area contributed by atoms with Gasteiger partial charge in [-0.25, -0.2) is 0 Å². The van der Waals surface area contributed by atoms with Gasteiger partial charge in [0.1, 0.15) is 11.5 Å². The van der Waals surface area contributed by atoms with E-state index in [2.05, 4.69) is 10.1 Å². The van der Waals surface area contributed by atoms with Crippen molar-refractivity contribution in [1.29, 1.82) is 0 Å². The summed E-state index contributed by atoms with van der Waals surface area (Å²) in [5.41, 5.74) is 1.66. The molecule has 6 nitrogen and oxygen atoms in total. The number of hydrogen-bond donors (Lipinski definition) is 1. The van der Waals surface area contributed by atoms with E-state index in [1.807, 2.05) is 13.0 Å². The SMILES string of the molecule is COc1cc(CC(=O)OC(C)C(=O)Nc2ccccc2OC(F)F)ccc1C. The lowest BCUT2D eigenvalue weighted by atomic mass is 10.1. The van der Waals surface area contributed by atoms with Crippen LogP contribution < -0.4 is 14.8 Å². The third-order valence-electron chi connectivity index (χ3n) is 3.86. The van der Waals surface area contributed by atoms with E-state index >= 15 is 0 Å². The summed E-state index contributed by atoms with van der Waals surface area (Å²) in [6.07, 6.45) is -1.17. The largest absolute Gasteiger partial charge is 0.496 e. The second-order valence-electron chi connectivity index (χ2n) is 5.98. The zero-order valence-corrected chi connectivity index (χ0v) is 15.7. The number of aryl methyl sites for hydroxylation is 1. The van der Waals surface area contributed by atoms with E-state index in [1.54, 1.807) is 18.2 Å². The van der Waals surface area contributed by atoms with Crippen molar-refractivity contribution in [3.63, 3.8) is 0 Å². The second kappa shape index (κ2) is 9.68. The summed E-state index contributed by atoms with van der Waals surface area (Å²) in [5.74, 6) is -0.811. The molecular weight excluding hydrogens is 372 g/mol. The van der Waals surface area contributed by atoms with Crippen molar-refractivity contribution < 1.29 is 32.6 Å². The number of anilines is 1. The molecule has 0 aliphatic rings. The monoisotopic (exact) mass is 393 g/mol. The number of halogens is 2. The predicted molar refractivity (Wildman–Crippen MR) is 98.7 cm³/mol. The van der Waals surface area contributed by atoms with E-state index in [0.717, 1.165) is 5.56 Å². The molecule has 0 saturated heterocycles. The highest BCUT2D eigenvalue weighted by molar-refractivity contribution is 5.96. The van der Waals surface area contributed by atoms with E-state index < -0.39 is 24.6 Å². The zero-order valence-electron chi connectivity index (χ0n) is 15.7. The number of esters is 1. The number of methoxy groups -OCH3 is 1. The molecule has 1 N–H and O–H groups in total. The van der Waals surface area contributed by atoms with Crippen LogP contribution in [-0.2, 0) is 20.7 Å². The van der Waals surface area contributed by atoms with Crippen LogP contribution in [0.2, 0.25) is 0 Å². The Morgan fingerprint density at radius 3 is 2.50 bits per heavy atom. The second-order valence-corrected chi connectivity index (χ2v) is 5.98. The molecule has 2 aromatic carbocycles. The molecule has 28 heavy (non-hydrogen) atoms. The topological polar surface area (TPSA) is 73.9 Å². The number of carbonyl (C=O) groups excluding carboxylic acids is 2. The van der Waals surface area contributed by atoms with Crippen molar-refractivity contribution >= 4 is 17.6 Å². The molecule has 0 heterocycles. The standard InChI is InChI=1S/C20H21F2NO5/c1-12-8-9-14(10-17(12)26-3)11-18(24)27-13(2)19(25)23-15-6-4-5-7-16(15)28-20(21)22/h4-10,13,20H,11H2,1-3H3,(H,23,25). The zero-order chi connectivity index (χ0) is 20.7. The number of nitrogens with one attached hydrogen (secondary N) is 1. The lowest BCUT2D eigenvalue weighted by Gasteiger charge is -2.16. The van der Waals surface area contributed by atoms with Crippen molar-refractivity contribution in [3.05, 3.63) is 53.6 Å². The molecule has 150 valence electrons. The number of amides is 1. The van der Waals surface area contributed by atoms with E-state index in [-0.39, 0.29) is 17.9 Å². The van der Waals surface area contributed by atoms with Gasteiger partial charge in [-0.2, -0.15) is 8.78 Å². The maximum atomic E-state index is 12.4. The van der Waals surface area contributed by atoms with Crippen LogP contribution in [-0.4, -0.2) is 31.7 Å². The number of alkyl halides is 2. The highest BCUT2D eigenvalue weighted by Gasteiger charge is 2.20. The maximum Gasteiger partial charge on any atom is 0.387 e. The summed E-state index contributed by atoms with van der Waals surface area (Å²) in [6.45, 7) is 0.238. The minimum atomic E-state index is -3.03. The number of ether oxygens (including phenoxy) is 3. The number of hydrogen-bond acceptors (Lipinski definition) is 5. The molecule has 1 atom stereocenters. The first-order chi connectivity index (χ1) is 13.3. The van der Waals surface area contributed by atoms with Crippen molar-refractivity contribution in [1.82, 2.24) is 0 Å². The number of benzene rings is 2. The van der Waals surface area contributed by atoms with Crippen molar-refractivity contribution in [2.24, 2.45) is 0 Å². The smallest absolute Gasteiger partial charge is 0.387 e.